The van der Waals surface area contributed by atoms with Crippen molar-refractivity contribution in [3.05, 3.63) is 59.3 Å². The molecule has 20 atom stereocenters. The highest BCUT2D eigenvalue weighted by Crippen LogP contribution is 2.47. The smallest absolute Gasteiger partial charge is 0.316 e. The molecule has 8 aliphatic rings. The maximum Gasteiger partial charge on any atom is 0.316 e. The first-order valence-corrected chi connectivity index (χ1v) is 26.3. The largest absolute Gasteiger partial charge is 0.462 e. The second-order valence-electron chi connectivity index (χ2n) is 21.4. The van der Waals surface area contributed by atoms with Crippen molar-refractivity contribution in [2.24, 2.45) is 23.7 Å². The van der Waals surface area contributed by atoms with Crippen LogP contribution in [0.15, 0.2) is 59.3 Å². The molecule has 5 saturated heterocycles. The number of piperazine rings is 1. The fraction of sp³-hybridized carbons (Fsp3) is 0.796. The number of nitrogens with zero attached hydrogens (tertiary/aromatic N) is 1. The van der Waals surface area contributed by atoms with E-state index in [0.717, 1.165) is 44.7 Å². The molecule has 0 amide bonds. The van der Waals surface area contributed by atoms with Gasteiger partial charge in [-0.05, 0) is 62.8 Å². The van der Waals surface area contributed by atoms with Crippen molar-refractivity contribution in [1.82, 2.24) is 10.2 Å². The van der Waals surface area contributed by atoms with Gasteiger partial charge in [-0.15, -0.1) is 0 Å². The average Bonchev–Trinajstić information content (AvgIpc) is 3.68. The maximum atomic E-state index is 14.4. The average molecular weight is 985 g/mol. The third-order valence-electron chi connectivity index (χ3n) is 16.4. The molecule has 3 N–H and O–H groups in total. The zero-order chi connectivity index (χ0) is 49.9. The number of rotatable bonds is 12. The van der Waals surface area contributed by atoms with Crippen molar-refractivity contribution in [2.75, 3.05) is 60.2 Å². The Balaban J connectivity index is 1.01. The summed E-state index contributed by atoms with van der Waals surface area (Å²) in [6.45, 7) is 21.9. The van der Waals surface area contributed by atoms with Crippen LogP contribution in [0.1, 0.15) is 93.9 Å². The second-order valence-corrected chi connectivity index (χ2v) is 21.4. The third kappa shape index (κ3) is 11.8. The predicted molar refractivity (Wildman–Crippen MR) is 260 cm³/mol. The number of nitrogens with one attached hydrogen (secondary N) is 1. The number of allylic oxidation sites excluding steroid dienone is 2. The minimum Gasteiger partial charge on any atom is -0.462 e. The standard InChI is InChI=1S/C54H84N2O14/c1-11-31(2)48-34(5)17-18-53(70-48)29-40-26-39(69-53)16-15-33(4)47(32(3)13-12-14-38-30-63-51-46(57)35(6)25-41(52(58)66-40)54(38,51)59)67-44-28-43(61-10)50(37(8)65-44)68-45-27-42(60-9)49(36(7)64-45)62-24-23-56-21-19-55-20-22-56/h12-15,17-18,25,31-32,34,36-37,39-51,55,57,59H,11,16,19-24,26-30H2,1-10H3/b13-12+,33-15+,38-14+/t31?,32-,34-,36-,37-,39+,40-,41?,42-,43-,44-,45-,46+,47?,48+,49-,50?,51+,53+,54?/m0/s1. The molecule has 7 aliphatic heterocycles. The molecule has 8 rings (SSSR count). The van der Waals surface area contributed by atoms with Gasteiger partial charge < -0.3 is 67.6 Å². The van der Waals surface area contributed by atoms with Gasteiger partial charge in [0.05, 0.1) is 55.9 Å². The van der Waals surface area contributed by atoms with Crippen LogP contribution in [0.25, 0.3) is 0 Å². The Bertz CT molecular complexity index is 1920. The lowest BCUT2D eigenvalue weighted by Crippen LogP contribution is -2.58. The third-order valence-corrected chi connectivity index (χ3v) is 16.4. The number of hydrogen-bond donors (Lipinski definition) is 3. The van der Waals surface area contributed by atoms with Crippen LogP contribution in [0, 0.1) is 23.7 Å². The summed E-state index contributed by atoms with van der Waals surface area (Å²) in [5.74, 6) is -2.55. The van der Waals surface area contributed by atoms with E-state index in [1.807, 2.05) is 32.1 Å². The van der Waals surface area contributed by atoms with Gasteiger partial charge in [0.25, 0.3) is 0 Å². The fourth-order valence-corrected chi connectivity index (χ4v) is 12.0. The summed E-state index contributed by atoms with van der Waals surface area (Å²) in [4.78, 5) is 16.8. The van der Waals surface area contributed by atoms with Gasteiger partial charge in [-0.2, -0.15) is 0 Å². The zero-order valence-corrected chi connectivity index (χ0v) is 43.4. The molecule has 70 heavy (non-hydrogen) atoms. The van der Waals surface area contributed by atoms with Crippen molar-refractivity contribution in [1.29, 1.82) is 0 Å². The summed E-state index contributed by atoms with van der Waals surface area (Å²) in [6, 6.07) is 0. The molecular weight excluding hydrogens is 901 g/mol. The zero-order valence-electron chi connectivity index (χ0n) is 43.4. The van der Waals surface area contributed by atoms with Crippen molar-refractivity contribution in [2.45, 2.75) is 191 Å². The number of esters is 1. The van der Waals surface area contributed by atoms with Gasteiger partial charge in [-0.25, -0.2) is 0 Å². The fourth-order valence-electron chi connectivity index (χ4n) is 12.0. The summed E-state index contributed by atoms with van der Waals surface area (Å²) in [5.41, 5.74) is 0.163. The number of hydrogen-bond acceptors (Lipinski definition) is 16. The Morgan fingerprint density at radius 2 is 1.60 bits per heavy atom. The Morgan fingerprint density at radius 1 is 0.900 bits per heavy atom. The SMILES string of the molecule is CCC(C)[C@H]1O[C@]2(C=C[C@@H]1C)C[C@@H]1C[C@@H](C/C=C(\C)C(O[C@H]3C[C@H](OC)C(O[C@H]4C[C@H](OC)[C@@H](OCCN5CCNCC5)[C@H](C)O4)[C@H](C)O3)[C@@H](C)/C=C/C=C3\CO[C@@H]4[C@H](O)C(C)=CC(C(=O)O1)C34O)O2. The van der Waals surface area contributed by atoms with Gasteiger partial charge >= 0.3 is 5.97 Å². The molecule has 394 valence electrons. The van der Waals surface area contributed by atoms with E-state index in [9.17, 15) is 15.0 Å². The van der Waals surface area contributed by atoms with E-state index in [1.165, 1.54) is 0 Å². The first kappa shape index (κ1) is 53.9. The minimum absolute atomic E-state index is 0.0365. The van der Waals surface area contributed by atoms with Crippen LogP contribution in [-0.2, 0) is 56.9 Å². The topological polar surface area (TPSA) is 174 Å². The maximum absolute atomic E-state index is 14.4. The summed E-state index contributed by atoms with van der Waals surface area (Å²) >= 11 is 0. The van der Waals surface area contributed by atoms with Crippen LogP contribution in [0.4, 0.5) is 0 Å². The molecule has 5 unspecified atom stereocenters. The Morgan fingerprint density at radius 3 is 2.31 bits per heavy atom. The molecule has 0 aromatic heterocycles. The van der Waals surface area contributed by atoms with Crippen LogP contribution in [0.5, 0.6) is 0 Å². The molecule has 0 aromatic rings. The van der Waals surface area contributed by atoms with Crippen molar-refractivity contribution >= 4 is 5.97 Å². The number of aliphatic hydroxyl groups excluding tert-OH is 1. The molecule has 2 bridgehead atoms. The highest BCUT2D eigenvalue weighted by atomic mass is 16.7. The van der Waals surface area contributed by atoms with E-state index in [-0.39, 0.29) is 61.0 Å². The molecule has 1 aliphatic carbocycles. The lowest BCUT2D eigenvalue weighted by Gasteiger charge is -2.48. The van der Waals surface area contributed by atoms with Crippen LogP contribution >= 0.6 is 0 Å². The lowest BCUT2D eigenvalue weighted by molar-refractivity contribution is -0.321. The van der Waals surface area contributed by atoms with E-state index in [0.29, 0.717) is 49.9 Å². The Hall–Kier alpha value is -2.39. The first-order chi connectivity index (χ1) is 33.6. The summed E-state index contributed by atoms with van der Waals surface area (Å²) in [6.07, 6.45) is 9.96. The Labute approximate surface area is 416 Å². The van der Waals surface area contributed by atoms with Crippen LogP contribution in [-0.4, -0.2) is 178 Å². The number of carbonyl (C=O) groups excluding carboxylic acids is 1. The number of methoxy groups -OCH3 is 2. The lowest BCUT2D eigenvalue weighted by atomic mass is 9.71. The molecule has 1 spiro atoms. The van der Waals surface area contributed by atoms with Crippen LogP contribution < -0.4 is 5.32 Å². The molecule has 16 heteroatoms. The van der Waals surface area contributed by atoms with Gasteiger partial charge in [0.2, 0.25) is 0 Å². The molecule has 16 nitrogen and oxygen atoms in total. The van der Waals surface area contributed by atoms with E-state index >= 15 is 0 Å². The summed E-state index contributed by atoms with van der Waals surface area (Å²) in [7, 11) is 3.40. The molecule has 5 fully saturated rings. The monoisotopic (exact) mass is 985 g/mol. The number of aliphatic hydroxyl groups is 2. The van der Waals surface area contributed by atoms with Gasteiger partial charge in [0, 0.05) is 84.5 Å². The normalized spacial score (nSPS) is 46.5. The van der Waals surface area contributed by atoms with E-state index in [1.54, 1.807) is 33.3 Å². The van der Waals surface area contributed by atoms with Gasteiger partial charge in [0.1, 0.15) is 42.0 Å². The van der Waals surface area contributed by atoms with Crippen LogP contribution in [0.2, 0.25) is 0 Å². The van der Waals surface area contributed by atoms with Gasteiger partial charge in [-0.3, -0.25) is 9.69 Å². The van der Waals surface area contributed by atoms with Crippen molar-refractivity contribution in [3.8, 4) is 0 Å². The van der Waals surface area contributed by atoms with Gasteiger partial charge in [0.15, 0.2) is 18.4 Å². The predicted octanol–water partition coefficient (Wildman–Crippen LogP) is 5.31. The minimum atomic E-state index is -1.83. The molecule has 7 heterocycles. The number of fused-ring (bicyclic) bond motifs is 2. The van der Waals surface area contributed by atoms with E-state index in [2.05, 4.69) is 57.0 Å². The Kier molecular flexibility index (Phi) is 18.0. The second kappa shape index (κ2) is 23.4. The number of ether oxygens (including phenoxy) is 11. The number of carbonyl (C=O) groups is 1. The molecule has 0 radical (unpaired) electrons. The van der Waals surface area contributed by atoms with Crippen molar-refractivity contribution < 1.29 is 67.1 Å². The molecular formula is C54H84N2O14. The van der Waals surface area contributed by atoms with Gasteiger partial charge in [-0.1, -0.05) is 70.6 Å². The van der Waals surface area contributed by atoms with E-state index < -0.39 is 72.5 Å². The van der Waals surface area contributed by atoms with E-state index in [4.69, 9.17) is 52.1 Å². The quantitative estimate of drug-likeness (QED) is 0.170. The summed E-state index contributed by atoms with van der Waals surface area (Å²) in [5, 5.41) is 27.3. The first-order valence-electron chi connectivity index (χ1n) is 26.3. The summed E-state index contributed by atoms with van der Waals surface area (Å²) < 4.78 is 71.7. The van der Waals surface area contributed by atoms with Crippen LogP contribution in [0.3, 0.4) is 0 Å². The van der Waals surface area contributed by atoms with Crippen molar-refractivity contribution in [3.63, 3.8) is 0 Å². The highest BCUT2D eigenvalue weighted by Gasteiger charge is 2.60. The highest BCUT2D eigenvalue weighted by molar-refractivity contribution is 5.78. The molecule has 0 saturated carbocycles. The molecule has 0 aromatic carbocycles.